The van der Waals surface area contributed by atoms with Crippen LogP contribution >= 0.6 is 34.2 Å². The van der Waals surface area contributed by atoms with E-state index in [1.165, 1.54) is 22.6 Å². The normalized spacial score (nSPS) is 21.0. The van der Waals surface area contributed by atoms with Crippen molar-refractivity contribution in [2.75, 3.05) is 0 Å². The van der Waals surface area contributed by atoms with Gasteiger partial charge in [0.05, 0.1) is 0 Å². The maximum atomic E-state index is 13.6. The van der Waals surface area contributed by atoms with Crippen LogP contribution in [0.4, 0.5) is 35.1 Å². The molecule has 0 aromatic rings. The van der Waals surface area contributed by atoms with Crippen LogP contribution < -0.4 is 0 Å². The van der Waals surface area contributed by atoms with E-state index in [0.29, 0.717) is 12.8 Å². The molecule has 0 nitrogen and oxygen atoms in total. The Hall–Kier alpha value is 0.460. The topological polar surface area (TPSA) is 0 Å². The number of alkyl halides is 10. The van der Waals surface area contributed by atoms with E-state index in [4.69, 9.17) is 0 Å². The summed E-state index contributed by atoms with van der Waals surface area (Å²) in [6, 6.07) is 0. The predicted molar refractivity (Wildman–Crippen MR) is 74.6 cm³/mol. The zero-order chi connectivity index (χ0) is 17.4. The van der Waals surface area contributed by atoms with E-state index in [2.05, 4.69) is 11.6 Å². The average Bonchev–Trinajstić information content (AvgIpc) is 2.37. The molecule has 132 valence electrons. The monoisotopic (exact) mass is 472 g/mol. The second-order valence-corrected chi connectivity index (χ2v) is 7.54. The summed E-state index contributed by atoms with van der Waals surface area (Å²) in [5.74, 6) is -18.2. The Morgan fingerprint density at radius 3 is 1.73 bits per heavy atom. The zero-order valence-electron chi connectivity index (χ0n) is 11.2. The Kier molecular flexibility index (Phi) is 6.30. The smallest absolute Gasteiger partial charge is 0.200 e. The van der Waals surface area contributed by atoms with Gasteiger partial charge in [0.15, 0.2) is 0 Å². The first-order valence-electron chi connectivity index (χ1n) is 6.58. The van der Waals surface area contributed by atoms with Gasteiger partial charge in [-0.25, -0.2) is 0 Å². The molecule has 0 heterocycles. The predicted octanol–water partition coefficient (Wildman–Crippen LogP) is 6.50. The summed E-state index contributed by atoms with van der Waals surface area (Å²) in [7, 11) is 0. The van der Waals surface area contributed by atoms with Crippen molar-refractivity contribution in [2.24, 2.45) is 5.92 Å². The van der Waals surface area contributed by atoms with Crippen LogP contribution in [0.1, 0.15) is 38.5 Å². The Morgan fingerprint density at radius 1 is 0.864 bits per heavy atom. The van der Waals surface area contributed by atoms with Gasteiger partial charge in [0, 0.05) is 10.3 Å². The van der Waals surface area contributed by atoms with Crippen molar-refractivity contribution in [3.8, 4) is 0 Å². The summed E-state index contributed by atoms with van der Waals surface area (Å²) >= 11 is 5.40. The highest BCUT2D eigenvalue weighted by Gasteiger charge is 2.80. The molecule has 1 saturated carbocycles. The van der Waals surface area contributed by atoms with E-state index < -0.39 is 33.5 Å². The van der Waals surface area contributed by atoms with Gasteiger partial charge in [0.25, 0.3) is 0 Å². The molecule has 10 heteroatoms. The third-order valence-corrected chi connectivity index (χ3v) is 5.52. The third kappa shape index (κ3) is 3.92. The molecule has 1 aliphatic rings. The van der Waals surface area contributed by atoms with Crippen LogP contribution in [0.15, 0.2) is 0 Å². The molecular formula is C12H14ClF8I. The molecule has 0 aromatic carbocycles. The lowest BCUT2D eigenvalue weighted by molar-refractivity contribution is -0.349. The number of hydrogen-bond acceptors (Lipinski definition) is 0. The summed E-state index contributed by atoms with van der Waals surface area (Å²) in [6.07, 6.45) is 1.81. The van der Waals surface area contributed by atoms with Crippen molar-refractivity contribution < 1.29 is 35.1 Å². The van der Waals surface area contributed by atoms with Crippen LogP contribution in [0.5, 0.6) is 0 Å². The first-order chi connectivity index (χ1) is 9.74. The summed E-state index contributed by atoms with van der Waals surface area (Å²) in [5.41, 5.74) is 0. The van der Waals surface area contributed by atoms with E-state index in [0.717, 1.165) is 19.3 Å². The molecule has 0 aromatic heterocycles. The summed E-state index contributed by atoms with van der Waals surface area (Å²) in [5, 5.41) is -5.77. The van der Waals surface area contributed by atoms with E-state index >= 15 is 0 Å². The van der Waals surface area contributed by atoms with Gasteiger partial charge in [0.2, 0.25) is 0 Å². The highest BCUT2D eigenvalue weighted by Crippen LogP contribution is 2.56. The summed E-state index contributed by atoms with van der Waals surface area (Å²) < 4.78 is 104. The van der Waals surface area contributed by atoms with E-state index in [9.17, 15) is 35.1 Å². The molecule has 0 unspecified atom stereocenters. The van der Waals surface area contributed by atoms with Crippen molar-refractivity contribution in [1.29, 1.82) is 0 Å². The highest BCUT2D eigenvalue weighted by molar-refractivity contribution is 14.1. The van der Waals surface area contributed by atoms with E-state index in [-0.39, 0.29) is 5.92 Å². The lowest BCUT2D eigenvalue weighted by Crippen LogP contribution is -2.61. The Balaban J connectivity index is 2.91. The fourth-order valence-corrected chi connectivity index (χ4v) is 3.83. The molecule has 1 atom stereocenters. The molecule has 0 aliphatic heterocycles. The van der Waals surface area contributed by atoms with Gasteiger partial charge in [-0.1, -0.05) is 41.9 Å². The van der Waals surface area contributed by atoms with E-state index in [1.54, 1.807) is 0 Å². The van der Waals surface area contributed by atoms with Crippen molar-refractivity contribution in [3.05, 3.63) is 0 Å². The molecule has 1 fully saturated rings. The van der Waals surface area contributed by atoms with Crippen LogP contribution in [0.3, 0.4) is 0 Å². The Morgan fingerprint density at radius 2 is 1.32 bits per heavy atom. The van der Waals surface area contributed by atoms with Crippen LogP contribution in [-0.4, -0.2) is 27.1 Å². The second kappa shape index (κ2) is 6.76. The lowest BCUT2D eigenvalue weighted by atomic mass is 9.84. The molecule has 0 saturated heterocycles. The zero-order valence-corrected chi connectivity index (χ0v) is 14.1. The maximum Gasteiger partial charge on any atom is 0.392 e. The highest BCUT2D eigenvalue weighted by atomic mass is 127. The largest absolute Gasteiger partial charge is 0.392 e. The first kappa shape index (κ1) is 20.5. The summed E-state index contributed by atoms with van der Waals surface area (Å²) in [4.78, 5) is 0. The lowest BCUT2D eigenvalue weighted by Gasteiger charge is -2.36. The quantitative estimate of drug-likeness (QED) is 0.235. The van der Waals surface area contributed by atoms with Crippen molar-refractivity contribution in [1.82, 2.24) is 0 Å². The van der Waals surface area contributed by atoms with Crippen molar-refractivity contribution in [3.63, 3.8) is 0 Å². The molecule has 22 heavy (non-hydrogen) atoms. The van der Waals surface area contributed by atoms with Gasteiger partial charge in [-0.15, -0.1) is 0 Å². The number of rotatable bonds is 6. The molecule has 0 bridgehead atoms. The van der Waals surface area contributed by atoms with Gasteiger partial charge < -0.3 is 0 Å². The Labute approximate surface area is 141 Å². The minimum atomic E-state index is -6.35. The van der Waals surface area contributed by atoms with Gasteiger partial charge >= 0.3 is 23.1 Å². The SMILES string of the molecule is FC(F)(Cl)C(F)(F)C(F)(F)C(F)(F)C[C@@H](I)C1CCCCC1. The Bertz CT molecular complexity index is 376. The second-order valence-electron chi connectivity index (χ2n) is 5.47. The molecular weight excluding hydrogens is 458 g/mol. The molecule has 1 aliphatic carbocycles. The number of halogens is 10. The van der Waals surface area contributed by atoms with Gasteiger partial charge in [0.1, 0.15) is 0 Å². The molecule has 0 amide bonds. The van der Waals surface area contributed by atoms with Crippen LogP contribution in [0.2, 0.25) is 0 Å². The third-order valence-electron chi connectivity index (χ3n) is 3.82. The van der Waals surface area contributed by atoms with Crippen LogP contribution in [-0.2, 0) is 0 Å². The minimum absolute atomic E-state index is 0.318. The van der Waals surface area contributed by atoms with Crippen LogP contribution in [0.25, 0.3) is 0 Å². The van der Waals surface area contributed by atoms with Gasteiger partial charge in [-0.2, -0.15) is 35.1 Å². The first-order valence-corrected chi connectivity index (χ1v) is 8.20. The van der Waals surface area contributed by atoms with Crippen molar-refractivity contribution >= 4 is 34.2 Å². The standard InChI is InChI=1S/C12H14ClF8I/c13-12(20,21)11(18,19)10(16,17)9(14,15)6-8(22)7-4-2-1-3-5-7/h7-8H,1-6H2/t8-/m1/s1. The maximum absolute atomic E-state index is 13.6. The molecule has 0 N–H and O–H groups in total. The fourth-order valence-electron chi connectivity index (χ4n) is 2.44. The number of hydrogen-bond donors (Lipinski definition) is 0. The van der Waals surface area contributed by atoms with Gasteiger partial charge in [-0.05, 0) is 30.4 Å². The van der Waals surface area contributed by atoms with Gasteiger partial charge in [-0.3, -0.25) is 0 Å². The molecule has 0 radical (unpaired) electrons. The van der Waals surface area contributed by atoms with E-state index in [1.807, 2.05) is 0 Å². The van der Waals surface area contributed by atoms with Crippen molar-refractivity contribution in [2.45, 2.75) is 65.6 Å². The summed E-state index contributed by atoms with van der Waals surface area (Å²) in [6.45, 7) is 0. The minimum Gasteiger partial charge on any atom is -0.200 e. The van der Waals surface area contributed by atoms with Crippen LogP contribution in [0, 0.1) is 5.92 Å². The average molecular weight is 473 g/mol. The molecule has 0 spiro atoms. The molecule has 1 rings (SSSR count). The fraction of sp³-hybridized carbons (Fsp3) is 1.00.